The van der Waals surface area contributed by atoms with Crippen LogP contribution >= 0.6 is 12.4 Å². The fourth-order valence-electron chi connectivity index (χ4n) is 3.23. The number of rotatable bonds is 15. The van der Waals surface area contributed by atoms with Gasteiger partial charge in [0.2, 0.25) is 0 Å². The van der Waals surface area contributed by atoms with E-state index in [9.17, 15) is 4.21 Å². The molecule has 0 unspecified atom stereocenters. The molecule has 31 heavy (non-hydrogen) atoms. The van der Waals surface area contributed by atoms with Crippen molar-refractivity contribution in [2.24, 2.45) is 5.73 Å². The van der Waals surface area contributed by atoms with Gasteiger partial charge in [-0.15, -0.1) is 12.4 Å². The molecule has 0 aliphatic rings. The number of hydrogen-bond acceptors (Lipinski definition) is 3. The third kappa shape index (κ3) is 12.9. The van der Waals surface area contributed by atoms with Crippen molar-refractivity contribution in [1.29, 1.82) is 0 Å². The minimum Gasteiger partial charge on any atom is -0.377 e. The SMILES string of the molecule is Cc1ccc([S@](=O)C[C@H](N)/C=C/CCCCCCCCOCc2ccccc2)cc1.Cl. The standard InChI is InChI=1S/C26H37NO2S.ClH/c1-23-16-18-26(19-17-23)30(28)22-25(27)15-11-6-4-2-3-5-7-12-20-29-21-24-13-9-8-10-14-24;/h8-11,13-19,25H,2-7,12,20-22,27H2,1H3;1H/b15-11+;/t25-,30-;/m1./s1. The Hall–Kier alpha value is -1.46. The van der Waals surface area contributed by atoms with Crippen molar-refractivity contribution in [1.82, 2.24) is 0 Å². The van der Waals surface area contributed by atoms with Crippen LogP contribution in [0.5, 0.6) is 0 Å². The number of nitrogens with two attached hydrogens (primary N) is 1. The number of unbranched alkanes of at least 4 members (excludes halogenated alkanes) is 6. The van der Waals surface area contributed by atoms with Gasteiger partial charge >= 0.3 is 0 Å². The molecule has 2 aromatic carbocycles. The highest BCUT2D eigenvalue weighted by Gasteiger charge is 2.07. The van der Waals surface area contributed by atoms with Crippen LogP contribution in [-0.2, 0) is 22.1 Å². The molecule has 2 aromatic rings. The second-order valence-electron chi connectivity index (χ2n) is 7.87. The molecular formula is C26H38ClNO2S. The van der Waals surface area contributed by atoms with Crippen LogP contribution in [0, 0.1) is 6.92 Å². The molecule has 2 rings (SSSR count). The molecule has 0 fully saturated rings. The fourth-order valence-corrected chi connectivity index (χ4v) is 4.32. The minimum atomic E-state index is -1.03. The van der Waals surface area contributed by atoms with E-state index in [1.807, 2.05) is 55.5 Å². The summed E-state index contributed by atoms with van der Waals surface area (Å²) in [6, 6.07) is 18.0. The summed E-state index contributed by atoms with van der Waals surface area (Å²) in [4.78, 5) is 0.856. The first-order chi connectivity index (χ1) is 14.6. The Labute approximate surface area is 197 Å². The summed E-state index contributed by atoms with van der Waals surface area (Å²) in [5.41, 5.74) is 8.53. The Kier molecular flexibility index (Phi) is 15.2. The van der Waals surface area contributed by atoms with Crippen LogP contribution in [0.15, 0.2) is 71.6 Å². The summed E-state index contributed by atoms with van der Waals surface area (Å²) in [5, 5.41) is 0. The van der Waals surface area contributed by atoms with Crippen molar-refractivity contribution in [3.8, 4) is 0 Å². The van der Waals surface area contributed by atoms with Gasteiger partial charge < -0.3 is 10.5 Å². The van der Waals surface area contributed by atoms with Crippen LogP contribution in [0.1, 0.15) is 56.1 Å². The van der Waals surface area contributed by atoms with E-state index in [1.54, 1.807) is 0 Å². The van der Waals surface area contributed by atoms with E-state index in [0.717, 1.165) is 24.3 Å². The summed E-state index contributed by atoms with van der Waals surface area (Å²) in [7, 11) is -1.03. The summed E-state index contributed by atoms with van der Waals surface area (Å²) in [6.45, 7) is 3.59. The third-order valence-corrected chi connectivity index (χ3v) is 6.52. The summed E-state index contributed by atoms with van der Waals surface area (Å²) in [5.74, 6) is 0.478. The van der Waals surface area contributed by atoms with Crippen LogP contribution in [0.2, 0.25) is 0 Å². The molecule has 0 heterocycles. The van der Waals surface area contributed by atoms with Gasteiger partial charge in [0.15, 0.2) is 0 Å². The number of hydrogen-bond donors (Lipinski definition) is 1. The smallest absolute Gasteiger partial charge is 0.0716 e. The van der Waals surface area contributed by atoms with Crippen molar-refractivity contribution in [2.45, 2.75) is 69.4 Å². The van der Waals surface area contributed by atoms with Crippen LogP contribution in [0.4, 0.5) is 0 Å². The Morgan fingerprint density at radius 1 is 0.935 bits per heavy atom. The number of allylic oxidation sites excluding steroid dienone is 1. The normalized spacial score (nSPS) is 13.1. The Morgan fingerprint density at radius 2 is 1.58 bits per heavy atom. The van der Waals surface area contributed by atoms with Crippen LogP contribution in [-0.4, -0.2) is 22.6 Å². The van der Waals surface area contributed by atoms with Gasteiger partial charge in [0.25, 0.3) is 0 Å². The molecule has 0 amide bonds. The molecule has 2 atom stereocenters. The summed E-state index contributed by atoms with van der Waals surface area (Å²) in [6.07, 6.45) is 12.6. The highest BCUT2D eigenvalue weighted by Crippen LogP contribution is 2.11. The van der Waals surface area contributed by atoms with E-state index in [0.29, 0.717) is 12.4 Å². The maximum atomic E-state index is 12.3. The van der Waals surface area contributed by atoms with Gasteiger partial charge in [-0.25, -0.2) is 0 Å². The van der Waals surface area contributed by atoms with Gasteiger partial charge in [-0.1, -0.05) is 85.9 Å². The number of benzene rings is 2. The van der Waals surface area contributed by atoms with Crippen molar-refractivity contribution >= 4 is 23.2 Å². The second kappa shape index (κ2) is 17.1. The molecule has 0 aliphatic carbocycles. The largest absolute Gasteiger partial charge is 0.377 e. The summed E-state index contributed by atoms with van der Waals surface area (Å²) < 4.78 is 18.0. The van der Waals surface area contributed by atoms with E-state index in [-0.39, 0.29) is 18.4 Å². The lowest BCUT2D eigenvalue weighted by molar-refractivity contribution is 0.116. The Morgan fingerprint density at radius 3 is 2.29 bits per heavy atom. The Balaban J connectivity index is 0.00000480. The van der Waals surface area contributed by atoms with Crippen LogP contribution in [0.3, 0.4) is 0 Å². The molecule has 0 bridgehead atoms. The third-order valence-electron chi connectivity index (χ3n) is 5.03. The highest BCUT2D eigenvalue weighted by molar-refractivity contribution is 7.85. The van der Waals surface area contributed by atoms with E-state index in [2.05, 4.69) is 18.2 Å². The predicted octanol–water partition coefficient (Wildman–Crippen LogP) is 6.36. The lowest BCUT2D eigenvalue weighted by atomic mass is 10.1. The fraction of sp³-hybridized carbons (Fsp3) is 0.462. The number of aryl methyl sites for hydroxylation is 1. The monoisotopic (exact) mass is 463 g/mol. The zero-order valence-corrected chi connectivity index (χ0v) is 20.3. The van der Waals surface area contributed by atoms with Crippen molar-refractivity contribution in [3.05, 3.63) is 77.9 Å². The van der Waals surface area contributed by atoms with E-state index in [1.165, 1.54) is 43.2 Å². The highest BCUT2D eigenvalue weighted by atomic mass is 35.5. The van der Waals surface area contributed by atoms with Crippen molar-refractivity contribution < 1.29 is 8.95 Å². The molecule has 0 radical (unpaired) electrons. The average Bonchev–Trinajstić information content (AvgIpc) is 2.75. The van der Waals surface area contributed by atoms with Crippen LogP contribution < -0.4 is 5.73 Å². The molecule has 0 spiro atoms. The van der Waals surface area contributed by atoms with Gasteiger partial charge in [-0.2, -0.15) is 0 Å². The maximum absolute atomic E-state index is 12.3. The average molecular weight is 464 g/mol. The zero-order valence-electron chi connectivity index (χ0n) is 18.7. The molecular weight excluding hydrogens is 426 g/mol. The molecule has 3 nitrogen and oxygen atoms in total. The van der Waals surface area contributed by atoms with Crippen LogP contribution in [0.25, 0.3) is 0 Å². The molecule has 0 aliphatic heterocycles. The first-order valence-corrected chi connectivity index (χ1v) is 12.5. The van der Waals surface area contributed by atoms with Gasteiger partial charge in [0.05, 0.1) is 17.4 Å². The Bertz CT molecular complexity index is 750. The molecule has 172 valence electrons. The first kappa shape index (κ1) is 27.6. The molecule has 0 aromatic heterocycles. The van der Waals surface area contributed by atoms with Gasteiger partial charge in [0.1, 0.15) is 0 Å². The molecule has 5 heteroatoms. The topological polar surface area (TPSA) is 52.3 Å². The molecule has 2 N–H and O–H groups in total. The second-order valence-corrected chi connectivity index (χ2v) is 9.36. The van der Waals surface area contributed by atoms with Gasteiger partial charge in [-0.05, 0) is 43.9 Å². The predicted molar refractivity (Wildman–Crippen MR) is 135 cm³/mol. The van der Waals surface area contributed by atoms with Crippen molar-refractivity contribution in [2.75, 3.05) is 12.4 Å². The zero-order chi connectivity index (χ0) is 21.4. The van der Waals surface area contributed by atoms with Gasteiger partial charge in [0, 0.05) is 23.3 Å². The summed E-state index contributed by atoms with van der Waals surface area (Å²) >= 11 is 0. The number of halogens is 1. The lowest BCUT2D eigenvalue weighted by Gasteiger charge is -2.07. The first-order valence-electron chi connectivity index (χ1n) is 11.1. The van der Waals surface area contributed by atoms with E-state index >= 15 is 0 Å². The van der Waals surface area contributed by atoms with Crippen molar-refractivity contribution in [3.63, 3.8) is 0 Å². The number of ether oxygens (including phenoxy) is 1. The molecule has 0 saturated carbocycles. The lowest BCUT2D eigenvalue weighted by Crippen LogP contribution is -2.24. The maximum Gasteiger partial charge on any atom is 0.0716 e. The minimum absolute atomic E-state index is 0. The van der Waals surface area contributed by atoms with E-state index < -0.39 is 10.8 Å². The quantitative estimate of drug-likeness (QED) is 0.247. The van der Waals surface area contributed by atoms with Gasteiger partial charge in [-0.3, -0.25) is 4.21 Å². The molecule has 0 saturated heterocycles. The van der Waals surface area contributed by atoms with E-state index in [4.69, 9.17) is 10.5 Å².